The Morgan fingerprint density at radius 3 is 2.83 bits per heavy atom. The van der Waals surface area contributed by atoms with E-state index in [0.717, 1.165) is 31.5 Å². The average Bonchev–Trinajstić information content (AvgIpc) is 2.55. The van der Waals surface area contributed by atoms with Crippen LogP contribution < -0.4 is 10.6 Å². The number of hydrogen-bond donors (Lipinski definition) is 2. The van der Waals surface area contributed by atoms with Crippen molar-refractivity contribution in [2.24, 2.45) is 0 Å². The summed E-state index contributed by atoms with van der Waals surface area (Å²) in [5.41, 5.74) is 2.34. The number of benzene rings is 1. The number of carbonyl (C=O) groups is 2. The first-order valence-electron chi connectivity index (χ1n) is 8.52. The summed E-state index contributed by atoms with van der Waals surface area (Å²) in [6.07, 6.45) is 2.17. The summed E-state index contributed by atoms with van der Waals surface area (Å²) < 4.78 is 5.50. The fourth-order valence-corrected chi connectivity index (χ4v) is 2.76. The molecule has 132 valence electrons. The van der Waals surface area contributed by atoms with Crippen LogP contribution in [0.15, 0.2) is 18.2 Å². The van der Waals surface area contributed by atoms with Crippen LogP contribution in [0.2, 0.25) is 0 Å². The van der Waals surface area contributed by atoms with Crippen LogP contribution in [-0.2, 0) is 14.3 Å². The van der Waals surface area contributed by atoms with Crippen molar-refractivity contribution in [3.8, 4) is 0 Å². The van der Waals surface area contributed by atoms with Crippen LogP contribution in [0.3, 0.4) is 0 Å². The molecule has 1 unspecified atom stereocenters. The lowest BCUT2D eigenvalue weighted by atomic mass is 10.1. The summed E-state index contributed by atoms with van der Waals surface area (Å²) in [7, 11) is 0. The fourth-order valence-electron chi connectivity index (χ4n) is 2.76. The van der Waals surface area contributed by atoms with Crippen molar-refractivity contribution >= 4 is 23.2 Å². The van der Waals surface area contributed by atoms with Crippen molar-refractivity contribution in [2.45, 2.75) is 39.7 Å². The molecule has 24 heavy (non-hydrogen) atoms. The Morgan fingerprint density at radius 2 is 2.12 bits per heavy atom. The monoisotopic (exact) mass is 333 g/mol. The standard InChI is InChI=1S/C18H27N3O3/c1-4-5-8-21-9-10-24-12-17(21)18(23)20-16-11-15(19-14(3)22)7-6-13(16)2/h6-7,11,17H,4-5,8-10,12H2,1-3H3,(H,19,22)(H,20,23). The maximum Gasteiger partial charge on any atom is 0.244 e. The lowest BCUT2D eigenvalue weighted by molar-refractivity contribution is -0.127. The maximum absolute atomic E-state index is 12.7. The Bertz CT molecular complexity index is 589. The van der Waals surface area contributed by atoms with E-state index in [-0.39, 0.29) is 17.9 Å². The van der Waals surface area contributed by atoms with Crippen LogP contribution in [0.1, 0.15) is 32.3 Å². The Balaban J connectivity index is 2.08. The predicted octanol–water partition coefficient (Wildman–Crippen LogP) is 2.39. The molecular formula is C18H27N3O3. The fraction of sp³-hybridized carbons (Fsp3) is 0.556. The zero-order valence-corrected chi connectivity index (χ0v) is 14.7. The predicted molar refractivity (Wildman–Crippen MR) is 95.2 cm³/mol. The van der Waals surface area contributed by atoms with Gasteiger partial charge in [-0.2, -0.15) is 0 Å². The molecule has 2 rings (SSSR count). The summed E-state index contributed by atoms with van der Waals surface area (Å²) >= 11 is 0. The molecular weight excluding hydrogens is 306 g/mol. The van der Waals surface area contributed by atoms with E-state index < -0.39 is 0 Å². The summed E-state index contributed by atoms with van der Waals surface area (Å²) in [6, 6.07) is 5.22. The number of carbonyl (C=O) groups excluding carboxylic acids is 2. The normalized spacial score (nSPS) is 18.2. The number of aryl methyl sites for hydroxylation is 1. The number of nitrogens with zero attached hydrogens (tertiary/aromatic N) is 1. The molecule has 6 heteroatoms. The van der Waals surface area contributed by atoms with Gasteiger partial charge >= 0.3 is 0 Å². The van der Waals surface area contributed by atoms with Gasteiger partial charge in [0.15, 0.2) is 0 Å². The van der Waals surface area contributed by atoms with E-state index >= 15 is 0 Å². The molecule has 1 aliphatic heterocycles. The molecule has 1 heterocycles. The van der Waals surface area contributed by atoms with Crippen molar-refractivity contribution in [2.75, 3.05) is 36.9 Å². The minimum absolute atomic E-state index is 0.0612. The summed E-state index contributed by atoms with van der Waals surface area (Å²) in [4.78, 5) is 26.1. The van der Waals surface area contributed by atoms with E-state index in [1.54, 1.807) is 6.07 Å². The molecule has 1 aromatic rings. The second-order valence-electron chi connectivity index (χ2n) is 6.18. The topological polar surface area (TPSA) is 70.7 Å². The van der Waals surface area contributed by atoms with E-state index in [0.29, 0.717) is 24.6 Å². The number of nitrogens with one attached hydrogen (secondary N) is 2. The van der Waals surface area contributed by atoms with Gasteiger partial charge in [0.1, 0.15) is 6.04 Å². The SMILES string of the molecule is CCCCN1CCOCC1C(=O)Nc1cc(NC(C)=O)ccc1C. The van der Waals surface area contributed by atoms with Crippen molar-refractivity contribution in [1.29, 1.82) is 0 Å². The molecule has 1 saturated heterocycles. The van der Waals surface area contributed by atoms with Gasteiger partial charge in [-0.15, -0.1) is 0 Å². The number of unbranched alkanes of at least 4 members (excludes halogenated alkanes) is 1. The Morgan fingerprint density at radius 1 is 1.33 bits per heavy atom. The van der Waals surface area contributed by atoms with Crippen molar-refractivity contribution < 1.29 is 14.3 Å². The zero-order chi connectivity index (χ0) is 17.5. The highest BCUT2D eigenvalue weighted by atomic mass is 16.5. The van der Waals surface area contributed by atoms with Crippen LogP contribution in [0.25, 0.3) is 0 Å². The van der Waals surface area contributed by atoms with Gasteiger partial charge in [-0.05, 0) is 37.6 Å². The lowest BCUT2D eigenvalue weighted by Gasteiger charge is -2.34. The van der Waals surface area contributed by atoms with E-state index in [1.807, 2.05) is 19.1 Å². The highest BCUT2D eigenvalue weighted by molar-refractivity contribution is 5.97. The molecule has 1 aromatic carbocycles. The lowest BCUT2D eigenvalue weighted by Crippen LogP contribution is -2.52. The zero-order valence-electron chi connectivity index (χ0n) is 14.7. The number of ether oxygens (including phenoxy) is 1. The van der Waals surface area contributed by atoms with Crippen LogP contribution >= 0.6 is 0 Å². The molecule has 1 fully saturated rings. The second kappa shape index (κ2) is 8.80. The number of rotatable bonds is 6. The van der Waals surface area contributed by atoms with Gasteiger partial charge in [-0.3, -0.25) is 14.5 Å². The number of morpholine rings is 1. The molecule has 0 aliphatic carbocycles. The van der Waals surface area contributed by atoms with Crippen LogP contribution in [-0.4, -0.2) is 49.1 Å². The van der Waals surface area contributed by atoms with Crippen LogP contribution in [0, 0.1) is 6.92 Å². The summed E-state index contributed by atoms with van der Waals surface area (Å²) in [6.45, 7) is 8.31. The Hall–Kier alpha value is -1.92. The number of hydrogen-bond acceptors (Lipinski definition) is 4. The third-order valence-electron chi connectivity index (χ3n) is 4.16. The first-order valence-corrected chi connectivity index (χ1v) is 8.52. The minimum Gasteiger partial charge on any atom is -0.378 e. The van der Waals surface area contributed by atoms with Gasteiger partial charge in [0.05, 0.1) is 13.2 Å². The third kappa shape index (κ3) is 5.04. The van der Waals surface area contributed by atoms with Crippen molar-refractivity contribution in [3.05, 3.63) is 23.8 Å². The third-order valence-corrected chi connectivity index (χ3v) is 4.16. The van der Waals surface area contributed by atoms with Crippen LogP contribution in [0.5, 0.6) is 0 Å². The largest absolute Gasteiger partial charge is 0.378 e. The molecule has 0 radical (unpaired) electrons. The number of anilines is 2. The molecule has 6 nitrogen and oxygen atoms in total. The average molecular weight is 333 g/mol. The van der Waals surface area contributed by atoms with Crippen molar-refractivity contribution in [1.82, 2.24) is 4.90 Å². The molecule has 0 spiro atoms. The van der Waals surface area contributed by atoms with Gasteiger partial charge in [-0.1, -0.05) is 19.4 Å². The highest BCUT2D eigenvalue weighted by Crippen LogP contribution is 2.21. The van der Waals surface area contributed by atoms with Gasteiger partial charge in [0.2, 0.25) is 11.8 Å². The summed E-state index contributed by atoms with van der Waals surface area (Å²) in [5.74, 6) is -0.198. The highest BCUT2D eigenvalue weighted by Gasteiger charge is 2.29. The van der Waals surface area contributed by atoms with E-state index in [9.17, 15) is 9.59 Å². The molecule has 0 bridgehead atoms. The van der Waals surface area contributed by atoms with Gasteiger partial charge < -0.3 is 15.4 Å². The molecule has 1 aliphatic rings. The first kappa shape index (κ1) is 18.4. The molecule has 0 aromatic heterocycles. The quantitative estimate of drug-likeness (QED) is 0.838. The Kier molecular flexibility index (Phi) is 6.75. The molecule has 1 atom stereocenters. The van der Waals surface area contributed by atoms with E-state index in [4.69, 9.17) is 4.74 Å². The van der Waals surface area contributed by atoms with Gasteiger partial charge in [0.25, 0.3) is 0 Å². The van der Waals surface area contributed by atoms with Crippen molar-refractivity contribution in [3.63, 3.8) is 0 Å². The van der Waals surface area contributed by atoms with Gasteiger partial charge in [-0.25, -0.2) is 0 Å². The smallest absolute Gasteiger partial charge is 0.244 e. The summed E-state index contributed by atoms with van der Waals surface area (Å²) in [5, 5.41) is 5.72. The van der Waals surface area contributed by atoms with E-state index in [1.165, 1.54) is 6.92 Å². The molecule has 2 N–H and O–H groups in total. The first-order chi connectivity index (χ1) is 11.5. The van der Waals surface area contributed by atoms with Gasteiger partial charge in [0, 0.05) is 24.8 Å². The molecule has 2 amide bonds. The second-order valence-corrected chi connectivity index (χ2v) is 6.18. The molecule has 0 saturated carbocycles. The maximum atomic E-state index is 12.7. The van der Waals surface area contributed by atoms with E-state index in [2.05, 4.69) is 22.5 Å². The number of amides is 2. The van der Waals surface area contributed by atoms with Crippen LogP contribution in [0.4, 0.5) is 11.4 Å². The minimum atomic E-state index is -0.269. The Labute approximate surface area is 143 Å².